The second kappa shape index (κ2) is 11.4. The Hall–Kier alpha value is -3.62. The van der Waals surface area contributed by atoms with Gasteiger partial charge in [-0.05, 0) is 30.3 Å². The van der Waals surface area contributed by atoms with Crippen LogP contribution >= 0.6 is 0 Å². The molecular weight excluding hydrogens is 398 g/mol. The summed E-state index contributed by atoms with van der Waals surface area (Å²) < 4.78 is 39.8. The van der Waals surface area contributed by atoms with Crippen molar-refractivity contribution in [2.24, 2.45) is 0 Å². The number of hydrogen-bond donors (Lipinski definition) is 2. The van der Waals surface area contributed by atoms with Gasteiger partial charge in [0.2, 0.25) is 5.91 Å². The minimum atomic E-state index is -3.03. The van der Waals surface area contributed by atoms with Gasteiger partial charge >= 0.3 is 6.61 Å². The molecule has 0 bridgehead atoms. The molecule has 0 aliphatic rings. The zero-order chi connectivity index (χ0) is 21.9. The number of benzene rings is 2. The van der Waals surface area contributed by atoms with Crippen LogP contribution in [0.2, 0.25) is 0 Å². The van der Waals surface area contributed by atoms with Crippen molar-refractivity contribution in [3.8, 4) is 17.2 Å². The number of carbonyl (C=O) groups excluding carboxylic acids is 2. The summed E-state index contributed by atoms with van der Waals surface area (Å²) in [6.07, 6.45) is 2.52. The number of halogens is 2. The van der Waals surface area contributed by atoms with Crippen molar-refractivity contribution in [2.45, 2.75) is 6.61 Å². The van der Waals surface area contributed by atoms with Gasteiger partial charge in [-0.3, -0.25) is 9.59 Å². The number of ether oxygens (including phenoxy) is 3. The van der Waals surface area contributed by atoms with E-state index in [2.05, 4.69) is 15.4 Å². The van der Waals surface area contributed by atoms with Crippen molar-refractivity contribution in [3.05, 3.63) is 59.7 Å². The predicted molar refractivity (Wildman–Crippen MR) is 107 cm³/mol. The molecule has 2 rings (SSSR count). The van der Waals surface area contributed by atoms with Crippen molar-refractivity contribution in [1.29, 1.82) is 0 Å². The van der Waals surface area contributed by atoms with E-state index in [4.69, 9.17) is 9.47 Å². The largest absolute Gasteiger partial charge is 0.497 e. The Kier molecular flexibility index (Phi) is 8.61. The highest BCUT2D eigenvalue weighted by Crippen LogP contribution is 2.33. The van der Waals surface area contributed by atoms with Crippen LogP contribution in [-0.4, -0.2) is 45.7 Å². The third kappa shape index (κ3) is 6.77. The van der Waals surface area contributed by atoms with Gasteiger partial charge in [-0.15, -0.1) is 0 Å². The van der Waals surface area contributed by atoms with Gasteiger partial charge in [-0.25, -0.2) is 0 Å². The zero-order valence-electron chi connectivity index (χ0n) is 16.5. The molecule has 0 aromatic heterocycles. The highest BCUT2D eigenvalue weighted by Gasteiger charge is 2.14. The number of rotatable bonds is 10. The number of carbonyl (C=O) groups is 2. The topological polar surface area (TPSA) is 85.9 Å². The molecule has 2 aromatic rings. The van der Waals surface area contributed by atoms with E-state index in [0.717, 1.165) is 0 Å². The van der Waals surface area contributed by atoms with Crippen LogP contribution in [0.4, 0.5) is 8.78 Å². The summed E-state index contributed by atoms with van der Waals surface area (Å²) in [5.74, 6) is -0.239. The van der Waals surface area contributed by atoms with Crippen molar-refractivity contribution in [3.63, 3.8) is 0 Å². The van der Waals surface area contributed by atoms with Crippen LogP contribution in [0.25, 0.3) is 6.08 Å². The lowest BCUT2D eigenvalue weighted by atomic mass is 10.1. The van der Waals surface area contributed by atoms with E-state index in [1.165, 1.54) is 38.5 Å². The quantitative estimate of drug-likeness (QED) is 0.456. The fourth-order valence-electron chi connectivity index (χ4n) is 2.49. The molecule has 0 saturated heterocycles. The lowest BCUT2D eigenvalue weighted by Gasteiger charge is -2.12. The first kappa shape index (κ1) is 22.7. The SMILES string of the molecule is COc1cccc(C(=O)NCCNC(=O)/C=C\c2cccc(OC)c2OC(F)F)c1. The van der Waals surface area contributed by atoms with E-state index in [0.29, 0.717) is 11.3 Å². The Morgan fingerprint density at radius 1 is 1.03 bits per heavy atom. The van der Waals surface area contributed by atoms with E-state index in [1.54, 1.807) is 30.3 Å². The van der Waals surface area contributed by atoms with E-state index in [9.17, 15) is 18.4 Å². The summed E-state index contributed by atoms with van der Waals surface area (Å²) in [7, 11) is 2.84. The maximum Gasteiger partial charge on any atom is 0.387 e. The molecule has 0 radical (unpaired) electrons. The third-order valence-electron chi connectivity index (χ3n) is 3.89. The highest BCUT2D eigenvalue weighted by molar-refractivity contribution is 5.95. The Morgan fingerprint density at radius 2 is 1.77 bits per heavy atom. The normalized spacial score (nSPS) is 10.7. The maximum atomic E-state index is 12.6. The van der Waals surface area contributed by atoms with Gasteiger partial charge in [0.1, 0.15) is 5.75 Å². The van der Waals surface area contributed by atoms with Gasteiger partial charge in [0.15, 0.2) is 11.5 Å². The Morgan fingerprint density at radius 3 is 2.47 bits per heavy atom. The lowest BCUT2D eigenvalue weighted by Crippen LogP contribution is -2.34. The average Bonchev–Trinajstić information content (AvgIpc) is 2.75. The van der Waals surface area contributed by atoms with Crippen LogP contribution in [-0.2, 0) is 4.79 Å². The third-order valence-corrected chi connectivity index (χ3v) is 3.89. The number of amides is 2. The zero-order valence-corrected chi connectivity index (χ0v) is 16.5. The number of nitrogens with one attached hydrogen (secondary N) is 2. The fourth-order valence-corrected chi connectivity index (χ4v) is 2.49. The minimum absolute atomic E-state index is 0.123. The molecule has 160 valence electrons. The van der Waals surface area contributed by atoms with Crippen molar-refractivity contribution < 1.29 is 32.6 Å². The molecular formula is C21H22F2N2O5. The van der Waals surface area contributed by atoms with E-state index in [1.807, 2.05) is 0 Å². The monoisotopic (exact) mass is 420 g/mol. The van der Waals surface area contributed by atoms with Gasteiger partial charge in [0.05, 0.1) is 14.2 Å². The Bertz CT molecular complexity index is 903. The molecule has 0 atom stereocenters. The first-order valence-electron chi connectivity index (χ1n) is 8.94. The van der Waals surface area contributed by atoms with Gasteiger partial charge in [-0.2, -0.15) is 8.78 Å². The van der Waals surface area contributed by atoms with Gasteiger partial charge in [-0.1, -0.05) is 18.2 Å². The molecule has 2 amide bonds. The molecule has 0 fully saturated rings. The first-order valence-corrected chi connectivity index (χ1v) is 8.94. The molecule has 0 unspecified atom stereocenters. The maximum absolute atomic E-state index is 12.6. The number of alkyl halides is 2. The highest BCUT2D eigenvalue weighted by atomic mass is 19.3. The molecule has 7 nitrogen and oxygen atoms in total. The summed E-state index contributed by atoms with van der Waals surface area (Å²) in [5, 5.41) is 5.26. The molecule has 0 aliphatic heterocycles. The van der Waals surface area contributed by atoms with E-state index >= 15 is 0 Å². The second-order valence-electron chi connectivity index (χ2n) is 5.87. The summed E-state index contributed by atoms with van der Waals surface area (Å²) in [6, 6.07) is 11.2. The van der Waals surface area contributed by atoms with Gasteiger partial charge in [0.25, 0.3) is 5.91 Å². The lowest BCUT2D eigenvalue weighted by molar-refractivity contribution is -0.116. The number of hydrogen-bond acceptors (Lipinski definition) is 5. The molecule has 0 spiro atoms. The van der Waals surface area contributed by atoms with Crippen LogP contribution in [0.1, 0.15) is 15.9 Å². The minimum Gasteiger partial charge on any atom is -0.497 e. The molecule has 0 aliphatic carbocycles. The first-order chi connectivity index (χ1) is 14.4. The predicted octanol–water partition coefficient (Wildman–Crippen LogP) is 2.86. The molecule has 0 heterocycles. The summed E-state index contributed by atoms with van der Waals surface area (Å²) in [4.78, 5) is 24.0. The van der Waals surface area contributed by atoms with Crippen LogP contribution < -0.4 is 24.8 Å². The van der Waals surface area contributed by atoms with Gasteiger partial charge < -0.3 is 24.8 Å². The van der Waals surface area contributed by atoms with Crippen molar-refractivity contribution in [1.82, 2.24) is 10.6 Å². The number of methoxy groups -OCH3 is 2. The van der Waals surface area contributed by atoms with Crippen LogP contribution in [0.3, 0.4) is 0 Å². The Labute approximate surface area is 172 Å². The molecule has 2 aromatic carbocycles. The number of para-hydroxylation sites is 1. The smallest absolute Gasteiger partial charge is 0.387 e. The molecule has 0 saturated carbocycles. The molecule has 9 heteroatoms. The summed E-state index contributed by atoms with van der Waals surface area (Å²) in [6.45, 7) is -2.65. The van der Waals surface area contributed by atoms with Crippen LogP contribution in [0, 0.1) is 0 Å². The molecule has 2 N–H and O–H groups in total. The van der Waals surface area contributed by atoms with Gasteiger partial charge in [0, 0.05) is 30.3 Å². The van der Waals surface area contributed by atoms with E-state index in [-0.39, 0.29) is 36.1 Å². The summed E-state index contributed by atoms with van der Waals surface area (Å²) in [5.41, 5.74) is 0.696. The molecule has 30 heavy (non-hydrogen) atoms. The fraction of sp³-hybridized carbons (Fsp3) is 0.238. The van der Waals surface area contributed by atoms with Crippen molar-refractivity contribution in [2.75, 3.05) is 27.3 Å². The van der Waals surface area contributed by atoms with E-state index < -0.39 is 12.5 Å². The second-order valence-corrected chi connectivity index (χ2v) is 5.87. The standard InChI is InChI=1S/C21H22F2N2O5/c1-28-16-7-3-6-15(13-16)20(27)25-12-11-24-18(26)10-9-14-5-4-8-17(29-2)19(14)30-21(22)23/h3-10,13,21H,11-12H2,1-2H3,(H,24,26)(H,25,27)/b10-9-. The summed E-state index contributed by atoms with van der Waals surface area (Å²) >= 11 is 0. The van der Waals surface area contributed by atoms with Crippen molar-refractivity contribution >= 4 is 17.9 Å². The van der Waals surface area contributed by atoms with Crippen LogP contribution in [0.5, 0.6) is 17.2 Å². The Balaban J connectivity index is 1.86. The van der Waals surface area contributed by atoms with Crippen LogP contribution in [0.15, 0.2) is 48.5 Å². The average molecular weight is 420 g/mol.